The van der Waals surface area contributed by atoms with Gasteiger partial charge >= 0.3 is 5.91 Å². The predicted octanol–water partition coefficient (Wildman–Crippen LogP) is 5.84. The van der Waals surface area contributed by atoms with Crippen molar-refractivity contribution in [2.45, 2.75) is 33.7 Å². The number of anilines is 1. The van der Waals surface area contributed by atoms with Crippen molar-refractivity contribution >= 4 is 44.1 Å². The van der Waals surface area contributed by atoms with E-state index in [0.717, 1.165) is 21.3 Å². The van der Waals surface area contributed by atoms with Gasteiger partial charge in [-0.3, -0.25) is 14.5 Å². The van der Waals surface area contributed by atoms with Crippen LogP contribution < -0.4 is 9.64 Å². The number of aliphatic hydroxyl groups excluding tert-OH is 1. The minimum atomic E-state index is -0.947. The van der Waals surface area contributed by atoms with Gasteiger partial charge in [0, 0.05) is 5.56 Å². The van der Waals surface area contributed by atoms with E-state index in [0.29, 0.717) is 34.6 Å². The second kappa shape index (κ2) is 8.70. The number of aliphatic hydroxyl groups is 1. The van der Waals surface area contributed by atoms with Crippen molar-refractivity contribution in [1.29, 1.82) is 0 Å². The minimum absolute atomic E-state index is 0.0410. The molecule has 0 aliphatic carbocycles. The summed E-state index contributed by atoms with van der Waals surface area (Å²) in [5.41, 5.74) is 3.20. The molecule has 178 valence electrons. The Morgan fingerprint density at radius 1 is 1.11 bits per heavy atom. The van der Waals surface area contributed by atoms with Crippen molar-refractivity contribution in [3.63, 3.8) is 0 Å². The molecule has 7 nitrogen and oxygen atoms in total. The number of fused-ring (bicyclic) bond motifs is 1. The standard InChI is InChI=1S/C27H24N2O5S/c1-5-33-18-9-7-17(8-10-18)24(30)21-23(19-11-6-16(4)34-19)29(26(32)25(21)31)27-28-22-15(3)12-14(2)13-20(22)35-27/h6-13,23,30H,5H2,1-4H3/b24-21+. The fraction of sp³-hybridized carbons (Fsp3) is 0.222. The summed E-state index contributed by atoms with van der Waals surface area (Å²) in [4.78, 5) is 32.7. The molecule has 0 spiro atoms. The average molecular weight is 489 g/mol. The molecule has 3 heterocycles. The first-order chi connectivity index (χ1) is 16.8. The largest absolute Gasteiger partial charge is 0.507 e. The van der Waals surface area contributed by atoms with E-state index < -0.39 is 17.7 Å². The third kappa shape index (κ3) is 3.89. The number of furan rings is 1. The van der Waals surface area contributed by atoms with Gasteiger partial charge < -0.3 is 14.3 Å². The summed E-state index contributed by atoms with van der Waals surface area (Å²) >= 11 is 1.33. The first kappa shape index (κ1) is 22.9. The SMILES string of the molecule is CCOc1ccc(/C(O)=C2\C(=O)C(=O)N(c3nc4c(C)cc(C)cc4s3)C2c2ccc(C)o2)cc1. The second-order valence-electron chi connectivity index (χ2n) is 8.50. The fourth-order valence-electron chi connectivity index (χ4n) is 4.39. The van der Waals surface area contributed by atoms with Gasteiger partial charge in [0.05, 0.1) is 22.4 Å². The summed E-state index contributed by atoms with van der Waals surface area (Å²) in [6.45, 7) is 8.14. The molecule has 1 saturated heterocycles. The number of benzene rings is 2. The summed E-state index contributed by atoms with van der Waals surface area (Å²) < 4.78 is 12.3. The molecule has 1 amide bonds. The van der Waals surface area contributed by atoms with Crippen molar-refractivity contribution in [2.24, 2.45) is 0 Å². The average Bonchev–Trinajstić information content (AvgIpc) is 3.50. The molecule has 1 N–H and O–H groups in total. The number of aromatic nitrogens is 1. The molecule has 0 bridgehead atoms. The normalized spacial score (nSPS) is 17.5. The molecule has 35 heavy (non-hydrogen) atoms. The van der Waals surface area contributed by atoms with Gasteiger partial charge in [-0.1, -0.05) is 17.4 Å². The van der Waals surface area contributed by atoms with Gasteiger partial charge in [0.1, 0.15) is 29.1 Å². The number of ketones is 1. The summed E-state index contributed by atoms with van der Waals surface area (Å²) in [6, 6.07) is 13.3. The maximum atomic E-state index is 13.3. The molecule has 2 aromatic carbocycles. The third-order valence-electron chi connectivity index (χ3n) is 5.94. The van der Waals surface area contributed by atoms with Gasteiger partial charge in [0.2, 0.25) is 0 Å². The minimum Gasteiger partial charge on any atom is -0.507 e. The van der Waals surface area contributed by atoms with Crippen LogP contribution in [0.2, 0.25) is 0 Å². The smallest absolute Gasteiger partial charge is 0.302 e. The quantitative estimate of drug-likeness (QED) is 0.216. The van der Waals surface area contributed by atoms with Crippen LogP contribution in [0.25, 0.3) is 16.0 Å². The Morgan fingerprint density at radius 2 is 1.86 bits per heavy atom. The Balaban J connectivity index is 1.68. The Hall–Kier alpha value is -3.91. The van der Waals surface area contributed by atoms with Crippen LogP contribution in [0.3, 0.4) is 0 Å². The number of nitrogens with zero attached hydrogens (tertiary/aromatic N) is 2. The van der Waals surface area contributed by atoms with Gasteiger partial charge in [-0.2, -0.15) is 0 Å². The van der Waals surface area contributed by atoms with Crippen molar-refractivity contribution in [3.8, 4) is 5.75 Å². The topological polar surface area (TPSA) is 92.9 Å². The van der Waals surface area contributed by atoms with Crippen molar-refractivity contribution in [1.82, 2.24) is 4.98 Å². The van der Waals surface area contributed by atoms with Crippen LogP contribution in [0.4, 0.5) is 5.13 Å². The molecule has 4 aromatic rings. The first-order valence-electron chi connectivity index (χ1n) is 11.3. The third-order valence-corrected chi connectivity index (χ3v) is 6.94. The van der Waals surface area contributed by atoms with Crippen LogP contribution in [0.1, 0.15) is 41.2 Å². The van der Waals surface area contributed by atoms with Crippen LogP contribution in [-0.4, -0.2) is 28.4 Å². The lowest BCUT2D eigenvalue weighted by molar-refractivity contribution is -0.132. The summed E-state index contributed by atoms with van der Waals surface area (Å²) in [5.74, 6) is -0.180. The van der Waals surface area contributed by atoms with Crippen molar-refractivity contribution in [2.75, 3.05) is 11.5 Å². The zero-order valence-corrected chi connectivity index (χ0v) is 20.6. The van der Waals surface area contributed by atoms with Crippen LogP contribution in [0.5, 0.6) is 5.75 Å². The van der Waals surface area contributed by atoms with Crippen LogP contribution in [0, 0.1) is 20.8 Å². The monoisotopic (exact) mass is 488 g/mol. The van der Waals surface area contributed by atoms with Crippen LogP contribution in [0.15, 0.2) is 58.5 Å². The summed E-state index contributed by atoms with van der Waals surface area (Å²) in [6.07, 6.45) is 0. The van der Waals surface area contributed by atoms with Crippen molar-refractivity contribution in [3.05, 3.63) is 82.3 Å². The zero-order chi connectivity index (χ0) is 24.9. The molecule has 0 radical (unpaired) electrons. The Labute approximate surface area is 206 Å². The van der Waals surface area contributed by atoms with E-state index in [2.05, 4.69) is 0 Å². The van der Waals surface area contributed by atoms with Crippen LogP contribution in [-0.2, 0) is 9.59 Å². The number of amides is 1. The van der Waals surface area contributed by atoms with E-state index in [1.807, 2.05) is 32.9 Å². The molecule has 8 heteroatoms. The second-order valence-corrected chi connectivity index (χ2v) is 9.51. The number of ether oxygens (including phenoxy) is 1. The van der Waals surface area contributed by atoms with Gasteiger partial charge in [0.15, 0.2) is 5.13 Å². The highest BCUT2D eigenvalue weighted by molar-refractivity contribution is 7.22. The molecule has 1 atom stereocenters. The van der Waals surface area contributed by atoms with E-state index >= 15 is 0 Å². The van der Waals surface area contributed by atoms with E-state index in [4.69, 9.17) is 14.1 Å². The van der Waals surface area contributed by atoms with E-state index in [1.54, 1.807) is 43.3 Å². The lowest BCUT2D eigenvalue weighted by Gasteiger charge is -2.20. The number of Topliss-reactive ketones (excluding diaryl/α,β-unsaturated/α-hetero) is 1. The molecular formula is C27H24N2O5S. The van der Waals surface area contributed by atoms with Gasteiger partial charge in [-0.15, -0.1) is 0 Å². The van der Waals surface area contributed by atoms with Crippen molar-refractivity contribution < 1.29 is 23.8 Å². The van der Waals surface area contributed by atoms with Crippen LogP contribution >= 0.6 is 11.3 Å². The Morgan fingerprint density at radius 3 is 2.51 bits per heavy atom. The molecule has 1 aliphatic rings. The van der Waals surface area contributed by atoms with Gasteiger partial charge in [-0.25, -0.2) is 4.98 Å². The Kier molecular flexibility index (Phi) is 5.68. The van der Waals surface area contributed by atoms with E-state index in [-0.39, 0.29) is 11.3 Å². The highest BCUT2D eigenvalue weighted by Crippen LogP contribution is 2.45. The number of thiazole rings is 1. The molecule has 1 fully saturated rings. The van der Waals surface area contributed by atoms with E-state index in [9.17, 15) is 14.7 Å². The number of carbonyl (C=O) groups excluding carboxylic acids is 2. The lowest BCUT2D eigenvalue weighted by atomic mass is 9.99. The van der Waals surface area contributed by atoms with E-state index in [1.165, 1.54) is 16.2 Å². The number of carbonyl (C=O) groups is 2. The van der Waals surface area contributed by atoms with Gasteiger partial charge in [0.25, 0.3) is 5.78 Å². The zero-order valence-electron chi connectivity index (χ0n) is 19.8. The number of rotatable bonds is 5. The highest BCUT2D eigenvalue weighted by Gasteiger charge is 2.49. The summed E-state index contributed by atoms with van der Waals surface area (Å²) in [5, 5.41) is 11.6. The summed E-state index contributed by atoms with van der Waals surface area (Å²) in [7, 11) is 0. The molecule has 1 aliphatic heterocycles. The predicted molar refractivity (Wildman–Crippen MR) is 135 cm³/mol. The number of hydrogen-bond acceptors (Lipinski definition) is 7. The Bertz CT molecular complexity index is 1500. The first-order valence-corrected chi connectivity index (χ1v) is 12.1. The highest BCUT2D eigenvalue weighted by atomic mass is 32.1. The molecule has 2 aromatic heterocycles. The molecule has 1 unspecified atom stereocenters. The number of aryl methyl sites for hydroxylation is 3. The molecular weight excluding hydrogens is 464 g/mol. The maximum Gasteiger partial charge on any atom is 0.302 e. The van der Waals surface area contributed by atoms with Gasteiger partial charge in [-0.05, 0) is 81.3 Å². The lowest BCUT2D eigenvalue weighted by Crippen LogP contribution is -2.29. The number of hydrogen-bond donors (Lipinski definition) is 1. The fourth-order valence-corrected chi connectivity index (χ4v) is 5.56. The maximum absolute atomic E-state index is 13.3. The molecule has 0 saturated carbocycles. The molecule has 5 rings (SSSR count).